The molecule has 22 heavy (non-hydrogen) atoms. The van der Waals surface area contributed by atoms with Gasteiger partial charge in [-0.25, -0.2) is 4.79 Å². The fourth-order valence-corrected chi connectivity index (χ4v) is 3.37. The van der Waals surface area contributed by atoms with Gasteiger partial charge in [0.25, 0.3) is 0 Å². The van der Waals surface area contributed by atoms with Gasteiger partial charge >= 0.3 is 5.97 Å². The van der Waals surface area contributed by atoms with E-state index < -0.39 is 0 Å². The molecule has 2 rings (SSSR count). The van der Waals surface area contributed by atoms with E-state index in [-0.39, 0.29) is 17.6 Å². The Morgan fingerprint density at radius 1 is 1.32 bits per heavy atom. The molecule has 4 nitrogen and oxygen atoms in total. The average molecular weight is 303 g/mol. The first-order chi connectivity index (χ1) is 10.4. The molecule has 0 aromatic heterocycles. The van der Waals surface area contributed by atoms with Gasteiger partial charge in [-0.3, -0.25) is 0 Å². The molecule has 0 amide bonds. The maximum atomic E-state index is 12.3. The van der Waals surface area contributed by atoms with E-state index in [9.17, 15) is 4.79 Å². The van der Waals surface area contributed by atoms with Crippen LogP contribution >= 0.6 is 0 Å². The largest absolute Gasteiger partial charge is 0.495 e. The lowest BCUT2D eigenvalue weighted by atomic mass is 9.86. The molecule has 1 aliphatic heterocycles. The molecule has 1 aromatic carbocycles. The number of carbonyl (C=O) groups excluding carboxylic acids is 1. The molecule has 0 saturated carbocycles. The fourth-order valence-electron chi connectivity index (χ4n) is 3.37. The summed E-state index contributed by atoms with van der Waals surface area (Å²) in [4.78, 5) is 14.4. The van der Waals surface area contributed by atoms with Gasteiger partial charge in [-0.1, -0.05) is 25.1 Å². The number of hydrogen-bond donors (Lipinski definition) is 0. The first kappa shape index (κ1) is 16.4. The molecule has 0 saturated heterocycles. The number of ether oxygens (including phenoxy) is 2. The zero-order valence-corrected chi connectivity index (χ0v) is 14.3. The number of esters is 1. The van der Waals surface area contributed by atoms with Gasteiger partial charge in [0.05, 0.1) is 25.4 Å². The summed E-state index contributed by atoms with van der Waals surface area (Å²) in [5, 5.41) is 0. The lowest BCUT2D eigenvalue weighted by Crippen LogP contribution is -2.54. The van der Waals surface area contributed by atoms with Crippen LogP contribution in [0.1, 0.15) is 39.7 Å². The molecule has 1 aromatic rings. The number of rotatable bonds is 4. The van der Waals surface area contributed by atoms with Gasteiger partial charge in [0.15, 0.2) is 0 Å². The predicted molar refractivity (Wildman–Crippen MR) is 89.3 cm³/mol. The molecule has 1 heterocycles. The molecule has 120 valence electrons. The van der Waals surface area contributed by atoms with E-state index in [2.05, 4.69) is 37.8 Å². The lowest BCUT2D eigenvalue weighted by Gasteiger charge is -2.46. The van der Waals surface area contributed by atoms with Crippen molar-refractivity contribution in [2.75, 3.05) is 19.1 Å². The number of benzene rings is 1. The van der Waals surface area contributed by atoms with Crippen LogP contribution in [-0.4, -0.2) is 31.8 Å². The second-order valence-electron chi connectivity index (χ2n) is 6.15. The molecule has 1 atom stereocenters. The van der Waals surface area contributed by atoms with E-state index in [1.807, 2.05) is 19.1 Å². The van der Waals surface area contributed by atoms with Gasteiger partial charge in [0.1, 0.15) is 11.8 Å². The topological polar surface area (TPSA) is 38.8 Å². The van der Waals surface area contributed by atoms with Crippen LogP contribution in [-0.2, 0) is 9.53 Å². The number of para-hydroxylation sites is 1. The summed E-state index contributed by atoms with van der Waals surface area (Å²) in [6, 6.07) is 5.63. The molecule has 0 N–H and O–H groups in total. The molecule has 0 aliphatic carbocycles. The Balaban J connectivity index is 2.70. The second-order valence-corrected chi connectivity index (χ2v) is 6.15. The van der Waals surface area contributed by atoms with Gasteiger partial charge in [-0.15, -0.1) is 0 Å². The minimum atomic E-state index is -0.348. The molecular formula is C18H25NO3. The van der Waals surface area contributed by atoms with Gasteiger partial charge in [0, 0.05) is 5.56 Å². The number of carbonyl (C=O) groups is 1. The summed E-state index contributed by atoms with van der Waals surface area (Å²) < 4.78 is 10.6. The van der Waals surface area contributed by atoms with Crippen molar-refractivity contribution in [3.63, 3.8) is 0 Å². The lowest BCUT2D eigenvalue weighted by molar-refractivity contribution is -0.142. The third-order valence-electron chi connectivity index (χ3n) is 4.25. The van der Waals surface area contributed by atoms with Crippen LogP contribution < -0.4 is 9.64 Å². The predicted octanol–water partition coefficient (Wildman–Crippen LogP) is 3.65. The van der Waals surface area contributed by atoms with Crippen molar-refractivity contribution in [3.05, 3.63) is 29.8 Å². The first-order valence-electron chi connectivity index (χ1n) is 7.61. The molecular weight excluding hydrogens is 278 g/mol. The van der Waals surface area contributed by atoms with Crippen molar-refractivity contribution >= 4 is 17.2 Å². The highest BCUT2D eigenvalue weighted by atomic mass is 16.5. The number of methoxy groups -OCH3 is 2. The Bertz CT molecular complexity index is 604. The minimum Gasteiger partial charge on any atom is -0.495 e. The average Bonchev–Trinajstić information content (AvgIpc) is 2.49. The van der Waals surface area contributed by atoms with E-state index >= 15 is 0 Å². The van der Waals surface area contributed by atoms with Crippen molar-refractivity contribution in [3.8, 4) is 5.75 Å². The van der Waals surface area contributed by atoms with Crippen molar-refractivity contribution < 1.29 is 14.3 Å². The monoisotopic (exact) mass is 303 g/mol. The Morgan fingerprint density at radius 3 is 2.55 bits per heavy atom. The molecule has 4 heteroatoms. The standard InChI is InChI=1S/C18H25NO3/c1-7-14(17(20)22-6)19-16-13(9-8-10-15(16)21-5)12(2)11-18(19,3)4/h8-11,14H,7H2,1-6H3/t14-/m1/s1. The molecule has 0 radical (unpaired) electrons. The number of hydrogen-bond acceptors (Lipinski definition) is 4. The maximum absolute atomic E-state index is 12.3. The quantitative estimate of drug-likeness (QED) is 0.796. The minimum absolute atomic E-state index is 0.222. The van der Waals surface area contributed by atoms with E-state index in [1.165, 1.54) is 12.7 Å². The highest BCUT2D eigenvalue weighted by Gasteiger charge is 2.40. The number of fused-ring (bicyclic) bond motifs is 1. The Labute approximate surface area is 132 Å². The summed E-state index contributed by atoms with van der Waals surface area (Å²) in [6.45, 7) is 8.31. The highest BCUT2D eigenvalue weighted by Crippen LogP contribution is 2.45. The van der Waals surface area contributed by atoms with Gasteiger partial charge < -0.3 is 14.4 Å². The zero-order valence-electron chi connectivity index (χ0n) is 14.3. The molecule has 0 bridgehead atoms. The number of nitrogens with zero attached hydrogens (tertiary/aromatic N) is 1. The Kier molecular flexibility index (Phi) is 4.50. The van der Waals surface area contributed by atoms with E-state index in [0.29, 0.717) is 6.42 Å². The van der Waals surface area contributed by atoms with Crippen molar-refractivity contribution in [2.45, 2.75) is 45.7 Å². The van der Waals surface area contributed by atoms with Crippen molar-refractivity contribution in [1.82, 2.24) is 0 Å². The smallest absolute Gasteiger partial charge is 0.328 e. The maximum Gasteiger partial charge on any atom is 0.328 e. The van der Waals surface area contributed by atoms with Crippen LogP contribution in [0.2, 0.25) is 0 Å². The summed E-state index contributed by atoms with van der Waals surface area (Å²) in [7, 11) is 3.10. The third-order valence-corrected chi connectivity index (χ3v) is 4.25. The second kappa shape index (κ2) is 6.03. The number of allylic oxidation sites excluding steroid dienone is 1. The van der Waals surface area contributed by atoms with Crippen molar-refractivity contribution in [2.24, 2.45) is 0 Å². The highest BCUT2D eigenvalue weighted by molar-refractivity contribution is 5.89. The van der Waals surface area contributed by atoms with Gasteiger partial charge in [0.2, 0.25) is 0 Å². The summed E-state index contributed by atoms with van der Waals surface area (Å²) in [6.07, 6.45) is 2.86. The zero-order chi connectivity index (χ0) is 16.5. The van der Waals surface area contributed by atoms with E-state index in [1.54, 1.807) is 7.11 Å². The summed E-state index contributed by atoms with van der Waals surface area (Å²) in [5.41, 5.74) is 2.95. The third kappa shape index (κ3) is 2.58. The fraction of sp³-hybridized carbons (Fsp3) is 0.500. The van der Waals surface area contributed by atoms with Crippen LogP contribution in [0.4, 0.5) is 5.69 Å². The van der Waals surface area contributed by atoms with Crippen LogP contribution in [0.5, 0.6) is 5.75 Å². The summed E-state index contributed by atoms with van der Waals surface area (Å²) in [5.74, 6) is 0.556. The molecule has 0 unspecified atom stereocenters. The Hall–Kier alpha value is -1.97. The van der Waals surface area contributed by atoms with Gasteiger partial charge in [-0.2, -0.15) is 0 Å². The van der Waals surface area contributed by atoms with E-state index in [0.717, 1.165) is 17.0 Å². The molecule has 0 fully saturated rings. The molecule has 1 aliphatic rings. The van der Waals surface area contributed by atoms with Gasteiger partial charge in [-0.05, 0) is 38.8 Å². The van der Waals surface area contributed by atoms with Crippen molar-refractivity contribution in [1.29, 1.82) is 0 Å². The summed E-state index contributed by atoms with van der Waals surface area (Å²) >= 11 is 0. The SMILES string of the molecule is CC[C@H](C(=O)OC)N1c2c(OC)cccc2C(C)=CC1(C)C. The van der Waals surface area contributed by atoms with Crippen LogP contribution in [0.3, 0.4) is 0 Å². The Morgan fingerprint density at radius 2 is 2.00 bits per heavy atom. The van der Waals surface area contributed by atoms with Crippen LogP contribution in [0, 0.1) is 0 Å². The van der Waals surface area contributed by atoms with Crippen LogP contribution in [0.15, 0.2) is 24.3 Å². The van der Waals surface area contributed by atoms with Crippen LogP contribution in [0.25, 0.3) is 5.57 Å². The first-order valence-corrected chi connectivity index (χ1v) is 7.61. The molecule has 0 spiro atoms. The normalized spacial score (nSPS) is 17.4. The number of anilines is 1. The van der Waals surface area contributed by atoms with E-state index in [4.69, 9.17) is 9.47 Å².